The Morgan fingerprint density at radius 1 is 1.29 bits per heavy atom. The number of benzene rings is 1. The van der Waals surface area contributed by atoms with Crippen LogP contribution >= 0.6 is 34.5 Å². The zero-order valence-electron chi connectivity index (χ0n) is 12.4. The Hall–Kier alpha value is -2.16. The number of rotatable bonds is 5. The molecule has 0 spiro atoms. The lowest BCUT2D eigenvalue weighted by Crippen LogP contribution is -2.19. The molecule has 0 aliphatic rings. The molecule has 0 saturated heterocycles. The summed E-state index contributed by atoms with van der Waals surface area (Å²) in [5, 5.41) is 8.88. The van der Waals surface area contributed by atoms with Gasteiger partial charge in [-0.05, 0) is 47.5 Å². The number of thiazole rings is 1. The lowest BCUT2D eigenvalue weighted by Gasteiger charge is -2.02. The maximum Gasteiger partial charge on any atom is 0.248 e. The molecule has 1 aromatic carbocycles. The first kappa shape index (κ1) is 16.7. The molecule has 3 aromatic rings. The molecule has 3 rings (SSSR count). The van der Waals surface area contributed by atoms with E-state index in [4.69, 9.17) is 27.9 Å². The van der Waals surface area contributed by atoms with E-state index in [-0.39, 0.29) is 23.0 Å². The molecular formula is C14H11Cl2N5O2S. The number of amides is 1. The van der Waals surface area contributed by atoms with Gasteiger partial charge in [0, 0.05) is 10.9 Å². The van der Waals surface area contributed by atoms with E-state index in [0.717, 1.165) is 17.0 Å². The molecule has 2 heterocycles. The molecule has 2 aromatic heterocycles. The number of ether oxygens (including phenoxy) is 1. The molecule has 0 aliphatic carbocycles. The summed E-state index contributed by atoms with van der Waals surface area (Å²) >= 11 is 12.8. The van der Waals surface area contributed by atoms with E-state index in [1.165, 1.54) is 16.0 Å². The molecule has 0 unspecified atom stereocenters. The SMILES string of the molecule is COc1ccc(-c2csc(NC(=O)Cn3nc(Cl)nc3Cl)n2)cc1. The van der Waals surface area contributed by atoms with E-state index < -0.39 is 0 Å². The molecule has 1 amide bonds. The number of halogens is 2. The first-order valence-electron chi connectivity index (χ1n) is 6.71. The quantitative estimate of drug-likeness (QED) is 0.730. The number of nitrogens with one attached hydrogen (secondary N) is 1. The summed E-state index contributed by atoms with van der Waals surface area (Å²) in [5.41, 5.74) is 1.69. The van der Waals surface area contributed by atoms with Gasteiger partial charge in [-0.15, -0.1) is 16.4 Å². The second-order valence-electron chi connectivity index (χ2n) is 4.62. The van der Waals surface area contributed by atoms with Gasteiger partial charge in [-0.2, -0.15) is 4.98 Å². The van der Waals surface area contributed by atoms with Crippen molar-refractivity contribution in [3.63, 3.8) is 0 Å². The van der Waals surface area contributed by atoms with Crippen LogP contribution in [0.1, 0.15) is 0 Å². The van der Waals surface area contributed by atoms with Gasteiger partial charge in [0.25, 0.3) is 0 Å². The van der Waals surface area contributed by atoms with Crippen LogP contribution in [0.15, 0.2) is 29.6 Å². The van der Waals surface area contributed by atoms with Crippen molar-refractivity contribution in [3.8, 4) is 17.0 Å². The Morgan fingerprint density at radius 2 is 2.04 bits per heavy atom. The van der Waals surface area contributed by atoms with Crippen LogP contribution in [0, 0.1) is 0 Å². The van der Waals surface area contributed by atoms with Crippen LogP contribution in [-0.2, 0) is 11.3 Å². The van der Waals surface area contributed by atoms with Gasteiger partial charge in [-0.1, -0.05) is 0 Å². The smallest absolute Gasteiger partial charge is 0.248 e. The molecular weight excluding hydrogens is 373 g/mol. The molecule has 0 fully saturated rings. The van der Waals surface area contributed by atoms with Crippen LogP contribution in [0.5, 0.6) is 5.75 Å². The molecule has 24 heavy (non-hydrogen) atoms. The van der Waals surface area contributed by atoms with Gasteiger partial charge in [0.1, 0.15) is 12.3 Å². The minimum Gasteiger partial charge on any atom is -0.497 e. The van der Waals surface area contributed by atoms with E-state index in [2.05, 4.69) is 20.4 Å². The van der Waals surface area contributed by atoms with Crippen molar-refractivity contribution in [2.45, 2.75) is 6.54 Å². The summed E-state index contributed by atoms with van der Waals surface area (Å²) in [6.45, 7) is -0.101. The standard InChI is InChI=1S/C14H11Cl2N5O2S/c1-23-9-4-2-8(3-5-9)10-7-24-14(17-10)18-11(22)6-21-13(16)19-12(15)20-21/h2-5,7H,6H2,1H3,(H,17,18,22). The minimum absolute atomic E-state index is 0.0103. The van der Waals surface area contributed by atoms with Crippen molar-refractivity contribution in [1.82, 2.24) is 19.7 Å². The summed E-state index contributed by atoms with van der Waals surface area (Å²) in [6, 6.07) is 7.50. The number of hydrogen-bond acceptors (Lipinski definition) is 6. The Bertz CT molecular complexity index is 862. The van der Waals surface area contributed by atoms with Crippen molar-refractivity contribution in [2.75, 3.05) is 12.4 Å². The number of anilines is 1. The summed E-state index contributed by atoms with van der Waals surface area (Å²) in [4.78, 5) is 20.1. The van der Waals surface area contributed by atoms with Crippen molar-refractivity contribution < 1.29 is 9.53 Å². The predicted octanol–water partition coefficient (Wildman–Crippen LogP) is 3.36. The van der Waals surface area contributed by atoms with E-state index in [1.54, 1.807) is 7.11 Å². The number of methoxy groups -OCH3 is 1. The summed E-state index contributed by atoms with van der Waals surface area (Å²) in [6.07, 6.45) is 0. The minimum atomic E-state index is -0.325. The fourth-order valence-corrected chi connectivity index (χ4v) is 3.05. The summed E-state index contributed by atoms with van der Waals surface area (Å²) < 4.78 is 6.33. The third-order valence-corrected chi connectivity index (χ3v) is 4.23. The fraction of sp³-hybridized carbons (Fsp3) is 0.143. The highest BCUT2D eigenvalue weighted by atomic mass is 35.5. The van der Waals surface area contributed by atoms with Gasteiger partial charge in [0.2, 0.25) is 16.5 Å². The highest BCUT2D eigenvalue weighted by Crippen LogP contribution is 2.26. The first-order valence-corrected chi connectivity index (χ1v) is 8.34. The number of carbonyl (C=O) groups excluding carboxylic acids is 1. The van der Waals surface area contributed by atoms with E-state index >= 15 is 0 Å². The van der Waals surface area contributed by atoms with Gasteiger partial charge in [-0.25, -0.2) is 9.67 Å². The molecule has 0 atom stereocenters. The van der Waals surface area contributed by atoms with Gasteiger partial charge in [0.05, 0.1) is 12.8 Å². The van der Waals surface area contributed by atoms with Crippen molar-refractivity contribution >= 4 is 45.6 Å². The van der Waals surface area contributed by atoms with Crippen LogP contribution in [0.4, 0.5) is 5.13 Å². The lowest BCUT2D eigenvalue weighted by molar-refractivity contribution is -0.116. The van der Waals surface area contributed by atoms with Gasteiger partial charge in [0.15, 0.2) is 5.13 Å². The van der Waals surface area contributed by atoms with Crippen molar-refractivity contribution in [2.24, 2.45) is 0 Å². The normalized spacial score (nSPS) is 10.6. The molecule has 124 valence electrons. The largest absolute Gasteiger partial charge is 0.497 e. The van der Waals surface area contributed by atoms with Crippen LogP contribution < -0.4 is 10.1 Å². The maximum absolute atomic E-state index is 12.0. The summed E-state index contributed by atoms with van der Waals surface area (Å²) in [7, 11) is 1.61. The van der Waals surface area contributed by atoms with E-state index in [9.17, 15) is 4.79 Å². The number of hydrogen-bond donors (Lipinski definition) is 1. The molecule has 0 aliphatic heterocycles. The van der Waals surface area contributed by atoms with Gasteiger partial charge in [-0.3, -0.25) is 4.79 Å². The predicted molar refractivity (Wildman–Crippen MR) is 92.8 cm³/mol. The highest BCUT2D eigenvalue weighted by molar-refractivity contribution is 7.14. The topological polar surface area (TPSA) is 81.9 Å². The average molecular weight is 384 g/mol. The first-order chi connectivity index (χ1) is 11.5. The fourth-order valence-electron chi connectivity index (χ4n) is 1.92. The van der Waals surface area contributed by atoms with Crippen molar-refractivity contribution in [1.29, 1.82) is 0 Å². The molecule has 0 radical (unpaired) electrons. The van der Waals surface area contributed by atoms with Gasteiger partial charge < -0.3 is 10.1 Å². The van der Waals surface area contributed by atoms with Crippen LogP contribution in [-0.4, -0.2) is 32.8 Å². The zero-order valence-corrected chi connectivity index (χ0v) is 14.7. The molecule has 7 nitrogen and oxygen atoms in total. The maximum atomic E-state index is 12.0. The Morgan fingerprint density at radius 3 is 2.67 bits per heavy atom. The monoisotopic (exact) mass is 383 g/mol. The lowest BCUT2D eigenvalue weighted by atomic mass is 10.2. The van der Waals surface area contributed by atoms with E-state index in [0.29, 0.717) is 5.13 Å². The third kappa shape index (κ3) is 3.84. The Labute approximate surface area is 151 Å². The Balaban J connectivity index is 1.66. The number of nitrogens with zero attached hydrogens (tertiary/aromatic N) is 4. The van der Waals surface area contributed by atoms with Crippen molar-refractivity contribution in [3.05, 3.63) is 40.2 Å². The Kier molecular flexibility index (Phi) is 4.98. The molecule has 10 heteroatoms. The molecule has 1 N–H and O–H groups in total. The molecule has 0 saturated carbocycles. The molecule has 0 bridgehead atoms. The van der Waals surface area contributed by atoms with Crippen LogP contribution in [0.3, 0.4) is 0 Å². The summed E-state index contributed by atoms with van der Waals surface area (Å²) in [5.74, 6) is 0.444. The number of carbonyl (C=O) groups is 1. The van der Waals surface area contributed by atoms with Crippen LogP contribution in [0.25, 0.3) is 11.3 Å². The third-order valence-electron chi connectivity index (χ3n) is 3.03. The van der Waals surface area contributed by atoms with Crippen LogP contribution in [0.2, 0.25) is 10.6 Å². The van der Waals surface area contributed by atoms with E-state index in [1.807, 2.05) is 29.6 Å². The van der Waals surface area contributed by atoms with Gasteiger partial charge >= 0.3 is 0 Å². The zero-order chi connectivity index (χ0) is 17.1. The second-order valence-corrected chi connectivity index (χ2v) is 6.16. The average Bonchev–Trinajstić information content (AvgIpc) is 3.14. The second kappa shape index (κ2) is 7.16. The number of aromatic nitrogens is 4. The highest BCUT2D eigenvalue weighted by Gasteiger charge is 2.12.